The first-order valence-electron chi connectivity index (χ1n) is 4.74. The second-order valence-corrected chi connectivity index (χ2v) is 3.24. The quantitative estimate of drug-likeness (QED) is 0.208. The summed E-state index contributed by atoms with van der Waals surface area (Å²) in [7, 11) is 8.65. The smallest absolute Gasteiger partial charge is 0.234 e. The largest absolute Gasteiger partial charge is 0.400 e. The zero-order valence-corrected chi connectivity index (χ0v) is 9.23. The summed E-state index contributed by atoms with van der Waals surface area (Å²) in [6.45, 7) is 0.527. The van der Waals surface area contributed by atoms with E-state index in [4.69, 9.17) is 19.4 Å². The summed E-state index contributed by atoms with van der Waals surface area (Å²) in [5.74, 6) is -0.0829. The van der Waals surface area contributed by atoms with Crippen LogP contribution in [0, 0.1) is 0 Å². The summed E-state index contributed by atoms with van der Waals surface area (Å²) >= 11 is 0. The third-order valence-corrected chi connectivity index (χ3v) is 1.98. The lowest BCUT2D eigenvalue weighted by atomic mass is 10.1. The zero-order valence-electron chi connectivity index (χ0n) is 9.23. The maximum atomic E-state index is 10.8. The third-order valence-electron chi connectivity index (χ3n) is 1.98. The second-order valence-electron chi connectivity index (χ2n) is 3.24. The third kappa shape index (κ3) is 5.95. The number of aliphatic imine (C=N–C) groups is 1. The molecule has 0 saturated heterocycles. The molecule has 1 unspecified atom stereocenters. The molecule has 5 N–H and O–H groups in total. The van der Waals surface area contributed by atoms with E-state index >= 15 is 0 Å². The molecule has 0 fully saturated rings. The van der Waals surface area contributed by atoms with E-state index in [2.05, 4.69) is 10.3 Å². The molecule has 1 atom stereocenters. The number of nitrogens with one attached hydrogen (secondary N) is 1. The van der Waals surface area contributed by atoms with E-state index in [0.717, 1.165) is 6.42 Å². The predicted octanol–water partition coefficient (Wildman–Crippen LogP) is -1.83. The van der Waals surface area contributed by atoms with Gasteiger partial charge in [0.15, 0.2) is 5.96 Å². The number of nitrogens with zero attached hydrogens (tertiary/aromatic N) is 2. The number of guanidine groups is 1. The minimum atomic E-state index is -0.356. The number of amides is 1. The van der Waals surface area contributed by atoms with E-state index in [1.54, 1.807) is 14.1 Å². The van der Waals surface area contributed by atoms with Crippen molar-refractivity contribution in [3.05, 3.63) is 0 Å². The van der Waals surface area contributed by atoms with Gasteiger partial charge in [0.05, 0.1) is 6.04 Å². The Hall–Kier alpha value is -1.24. The molecule has 0 aliphatic rings. The Morgan fingerprint density at radius 1 is 1.60 bits per heavy atom. The lowest BCUT2D eigenvalue weighted by molar-refractivity contribution is -0.120. The maximum Gasteiger partial charge on any atom is 0.234 e. The molecule has 0 aromatic heterocycles. The molecule has 6 nitrogen and oxygen atoms in total. The van der Waals surface area contributed by atoms with Gasteiger partial charge in [0.2, 0.25) is 13.9 Å². The molecule has 0 saturated carbocycles. The van der Waals surface area contributed by atoms with Crippen LogP contribution in [0.5, 0.6) is 0 Å². The molecule has 0 aromatic rings. The topological polar surface area (TPSA) is 96.7 Å². The highest BCUT2D eigenvalue weighted by Crippen LogP contribution is 1.96. The first kappa shape index (κ1) is 13.8. The van der Waals surface area contributed by atoms with Gasteiger partial charge in [-0.1, -0.05) is 0 Å². The number of hydrogen-bond donors (Lipinski definition) is 3. The van der Waals surface area contributed by atoms with Crippen molar-refractivity contribution >= 4 is 19.8 Å². The molecule has 0 rings (SSSR count). The molecule has 2 radical (unpaired) electrons. The first-order valence-corrected chi connectivity index (χ1v) is 4.74. The van der Waals surface area contributed by atoms with Gasteiger partial charge in [-0.25, -0.2) is 0 Å². The van der Waals surface area contributed by atoms with E-state index in [9.17, 15) is 4.79 Å². The number of carbonyl (C=O) groups is 1. The average molecular weight is 211 g/mol. The number of likely N-dealkylation sites (N-methyl/N-ethyl adjacent to an activating group) is 1. The lowest BCUT2D eigenvalue weighted by Crippen LogP contribution is -2.39. The van der Waals surface area contributed by atoms with Crippen LogP contribution in [-0.2, 0) is 4.79 Å². The Bertz CT molecular complexity index is 231. The van der Waals surface area contributed by atoms with Crippen LogP contribution in [0.2, 0.25) is 0 Å². The van der Waals surface area contributed by atoms with E-state index in [0.29, 0.717) is 13.0 Å². The fraction of sp³-hybridized carbons (Fsp3) is 0.750. The van der Waals surface area contributed by atoms with Gasteiger partial charge < -0.3 is 21.6 Å². The SMILES string of the molecule is [B]N(C)C(N)=NCCCC(NC)C(N)=O. The van der Waals surface area contributed by atoms with Gasteiger partial charge in [0.25, 0.3) is 0 Å². The van der Waals surface area contributed by atoms with Crippen molar-refractivity contribution in [2.45, 2.75) is 18.9 Å². The Morgan fingerprint density at radius 3 is 2.60 bits per heavy atom. The zero-order chi connectivity index (χ0) is 11.8. The number of carbonyl (C=O) groups excluding carboxylic acids is 1. The highest BCUT2D eigenvalue weighted by Gasteiger charge is 2.10. The van der Waals surface area contributed by atoms with Crippen molar-refractivity contribution in [2.24, 2.45) is 16.5 Å². The van der Waals surface area contributed by atoms with Crippen molar-refractivity contribution in [3.8, 4) is 0 Å². The van der Waals surface area contributed by atoms with Crippen molar-refractivity contribution in [1.82, 2.24) is 10.1 Å². The van der Waals surface area contributed by atoms with Gasteiger partial charge >= 0.3 is 0 Å². The van der Waals surface area contributed by atoms with Crippen molar-refractivity contribution in [1.29, 1.82) is 0 Å². The minimum Gasteiger partial charge on any atom is -0.400 e. The van der Waals surface area contributed by atoms with Gasteiger partial charge in [0, 0.05) is 6.54 Å². The maximum absolute atomic E-state index is 10.8. The Balaban J connectivity index is 3.79. The molecule has 0 bridgehead atoms. The number of nitrogens with two attached hydrogens (primary N) is 2. The Morgan fingerprint density at radius 2 is 2.20 bits per heavy atom. The van der Waals surface area contributed by atoms with Gasteiger partial charge in [-0.2, -0.15) is 0 Å². The van der Waals surface area contributed by atoms with Gasteiger partial charge in [0.1, 0.15) is 0 Å². The molecular weight excluding hydrogens is 193 g/mol. The van der Waals surface area contributed by atoms with Crippen LogP contribution in [0.1, 0.15) is 12.8 Å². The Kier molecular flexibility index (Phi) is 6.52. The van der Waals surface area contributed by atoms with Crippen molar-refractivity contribution < 1.29 is 4.79 Å². The molecule has 0 heterocycles. The lowest BCUT2D eigenvalue weighted by Gasteiger charge is -2.12. The molecule has 7 heteroatoms. The van der Waals surface area contributed by atoms with Gasteiger partial charge in [-0.15, -0.1) is 0 Å². The molecule has 1 amide bonds. The Labute approximate surface area is 91.5 Å². The molecule has 0 aliphatic heterocycles. The van der Waals surface area contributed by atoms with E-state index in [1.165, 1.54) is 4.81 Å². The first-order chi connectivity index (χ1) is 6.99. The van der Waals surface area contributed by atoms with Crippen LogP contribution in [0.3, 0.4) is 0 Å². The molecule has 84 valence electrons. The summed E-state index contributed by atoms with van der Waals surface area (Å²) in [4.78, 5) is 16.1. The number of rotatable bonds is 6. The molecule has 0 spiro atoms. The van der Waals surface area contributed by atoms with E-state index in [-0.39, 0.29) is 17.9 Å². The highest BCUT2D eigenvalue weighted by atomic mass is 16.1. The highest BCUT2D eigenvalue weighted by molar-refractivity contribution is 6.14. The molecule has 0 aliphatic carbocycles. The monoisotopic (exact) mass is 211 g/mol. The number of primary amides is 1. The minimum absolute atomic E-state index is 0.273. The van der Waals surface area contributed by atoms with Crippen LogP contribution in [0.15, 0.2) is 4.99 Å². The van der Waals surface area contributed by atoms with Crippen LogP contribution in [0.4, 0.5) is 0 Å². The van der Waals surface area contributed by atoms with Crippen LogP contribution < -0.4 is 16.8 Å². The van der Waals surface area contributed by atoms with E-state index < -0.39 is 0 Å². The van der Waals surface area contributed by atoms with Crippen LogP contribution in [-0.4, -0.2) is 51.3 Å². The summed E-state index contributed by atoms with van der Waals surface area (Å²) in [5, 5.41) is 2.82. The van der Waals surface area contributed by atoms with Gasteiger partial charge in [-0.3, -0.25) is 9.79 Å². The summed E-state index contributed by atoms with van der Waals surface area (Å²) in [5.41, 5.74) is 10.6. The van der Waals surface area contributed by atoms with Gasteiger partial charge in [-0.05, 0) is 26.9 Å². The summed E-state index contributed by atoms with van der Waals surface area (Å²) in [6.07, 6.45) is 1.36. The molecule has 0 aromatic carbocycles. The van der Waals surface area contributed by atoms with Crippen molar-refractivity contribution in [2.75, 3.05) is 20.6 Å². The second kappa shape index (κ2) is 7.11. The van der Waals surface area contributed by atoms with Crippen molar-refractivity contribution in [3.63, 3.8) is 0 Å². The fourth-order valence-corrected chi connectivity index (χ4v) is 1.03. The fourth-order valence-electron chi connectivity index (χ4n) is 1.03. The average Bonchev–Trinajstić information content (AvgIpc) is 2.16. The number of hydrogen-bond acceptors (Lipinski definition) is 3. The standard InChI is InChI=1S/C8H18BN5O/c1-12-6(7(10)15)4-3-5-13-8(11)14(2)9/h6,12H,3-5H2,1-2H3,(H2,10,15)(H2,11,13). The predicted molar refractivity (Wildman–Crippen MR) is 61.3 cm³/mol. The summed E-state index contributed by atoms with van der Waals surface area (Å²) in [6, 6.07) is -0.308. The van der Waals surface area contributed by atoms with E-state index in [1.807, 2.05) is 0 Å². The normalized spacial score (nSPS) is 13.6. The molecule has 15 heavy (non-hydrogen) atoms. The van der Waals surface area contributed by atoms with Crippen LogP contribution in [0.25, 0.3) is 0 Å². The van der Waals surface area contributed by atoms with Crippen LogP contribution >= 0.6 is 0 Å². The summed E-state index contributed by atoms with van der Waals surface area (Å²) < 4.78 is 0. The molecular formula is C8H18BN5O.